The van der Waals surface area contributed by atoms with Gasteiger partial charge in [0, 0.05) is 12.0 Å². The van der Waals surface area contributed by atoms with Crippen LogP contribution < -0.4 is 5.73 Å². The van der Waals surface area contributed by atoms with Crippen molar-refractivity contribution in [2.45, 2.75) is 6.42 Å². The average molecular weight is 188 g/mol. The minimum absolute atomic E-state index is 0.414. The summed E-state index contributed by atoms with van der Waals surface area (Å²) >= 11 is 0. The lowest BCUT2D eigenvalue weighted by atomic mass is 10.1. The van der Waals surface area contributed by atoms with Crippen molar-refractivity contribution in [2.75, 3.05) is 0 Å². The Hall–Kier alpha value is -1.52. The van der Waals surface area contributed by atoms with E-state index in [1.807, 2.05) is 0 Å². The van der Waals surface area contributed by atoms with Gasteiger partial charge < -0.3 is 5.73 Å². The van der Waals surface area contributed by atoms with Crippen LogP contribution in [-0.4, -0.2) is 5.84 Å². The Morgan fingerprint density at radius 2 is 1.77 bits per heavy atom. The van der Waals surface area contributed by atoms with Gasteiger partial charge in [-0.2, -0.15) is 0 Å². The van der Waals surface area contributed by atoms with Gasteiger partial charge >= 0.3 is 0 Å². The fourth-order valence-corrected chi connectivity index (χ4v) is 0.922. The predicted molar refractivity (Wildman–Crippen MR) is 41.9 cm³/mol. The van der Waals surface area contributed by atoms with Crippen molar-refractivity contribution in [3.63, 3.8) is 0 Å². The Kier molecular flexibility index (Phi) is 2.55. The lowest BCUT2D eigenvalue weighted by Crippen LogP contribution is -2.15. The second kappa shape index (κ2) is 3.47. The predicted octanol–water partition coefficient (Wildman–Crippen LogP) is 1.58. The molecular weight excluding hydrogens is 181 g/mol. The molecule has 0 atom stereocenters. The first-order chi connectivity index (χ1) is 6.02. The van der Waals surface area contributed by atoms with E-state index >= 15 is 0 Å². The summed E-state index contributed by atoms with van der Waals surface area (Å²) in [5, 5.41) is 6.82. The first-order valence-corrected chi connectivity index (χ1v) is 3.47. The number of nitrogens with one attached hydrogen (secondary N) is 1. The summed E-state index contributed by atoms with van der Waals surface area (Å²) in [4.78, 5) is 0. The van der Waals surface area contributed by atoms with Crippen LogP contribution in [0.4, 0.5) is 13.2 Å². The molecule has 70 valence electrons. The van der Waals surface area contributed by atoms with Gasteiger partial charge in [-0.25, -0.2) is 13.2 Å². The lowest BCUT2D eigenvalue weighted by molar-refractivity contribution is 0.484. The molecule has 1 aromatic rings. The Bertz CT molecular complexity index is 349. The van der Waals surface area contributed by atoms with Gasteiger partial charge in [0.05, 0.1) is 5.84 Å². The van der Waals surface area contributed by atoms with E-state index in [9.17, 15) is 13.2 Å². The molecule has 0 saturated carbocycles. The molecule has 0 radical (unpaired) electrons. The fourth-order valence-electron chi connectivity index (χ4n) is 0.922. The average Bonchev–Trinajstić information content (AvgIpc) is 2.05. The standard InChI is InChI=1S/C8H7F3N2/c9-5-1-2-6(10)8(11)4(5)3-7(12)13/h1-2H,3H2,(H3,12,13). The van der Waals surface area contributed by atoms with Crippen molar-refractivity contribution in [1.82, 2.24) is 0 Å². The van der Waals surface area contributed by atoms with Crippen LogP contribution in [0.3, 0.4) is 0 Å². The molecule has 0 bridgehead atoms. The molecule has 0 aliphatic rings. The number of hydrogen-bond acceptors (Lipinski definition) is 1. The van der Waals surface area contributed by atoms with E-state index in [2.05, 4.69) is 0 Å². The van der Waals surface area contributed by atoms with Gasteiger partial charge in [0.2, 0.25) is 0 Å². The summed E-state index contributed by atoms with van der Waals surface area (Å²) in [7, 11) is 0. The minimum Gasteiger partial charge on any atom is -0.387 e. The summed E-state index contributed by atoms with van der Waals surface area (Å²) in [5.74, 6) is -3.73. The van der Waals surface area contributed by atoms with Crippen LogP contribution in [-0.2, 0) is 6.42 Å². The number of hydrogen-bond donors (Lipinski definition) is 2. The number of benzene rings is 1. The molecule has 13 heavy (non-hydrogen) atoms. The van der Waals surface area contributed by atoms with Crippen molar-refractivity contribution in [2.24, 2.45) is 5.73 Å². The van der Waals surface area contributed by atoms with Gasteiger partial charge in [0.25, 0.3) is 0 Å². The van der Waals surface area contributed by atoms with Crippen molar-refractivity contribution < 1.29 is 13.2 Å². The molecule has 2 nitrogen and oxygen atoms in total. The van der Waals surface area contributed by atoms with E-state index in [0.717, 1.165) is 6.07 Å². The molecule has 1 rings (SSSR count). The van der Waals surface area contributed by atoms with E-state index in [-0.39, 0.29) is 0 Å². The van der Waals surface area contributed by atoms with Crippen LogP contribution in [0.2, 0.25) is 0 Å². The maximum Gasteiger partial charge on any atom is 0.165 e. The number of halogens is 3. The van der Waals surface area contributed by atoms with Crippen LogP contribution in [0.15, 0.2) is 12.1 Å². The molecule has 0 amide bonds. The van der Waals surface area contributed by atoms with Gasteiger partial charge in [0.15, 0.2) is 11.6 Å². The van der Waals surface area contributed by atoms with E-state index in [1.165, 1.54) is 0 Å². The molecule has 0 aliphatic heterocycles. The first kappa shape index (κ1) is 9.57. The summed E-state index contributed by atoms with van der Waals surface area (Å²) in [5.41, 5.74) is 4.43. The highest BCUT2D eigenvalue weighted by Crippen LogP contribution is 2.15. The third-order valence-electron chi connectivity index (χ3n) is 1.51. The monoisotopic (exact) mass is 188 g/mol. The Labute approximate surface area is 72.7 Å². The van der Waals surface area contributed by atoms with Crippen LogP contribution in [0.25, 0.3) is 0 Å². The third kappa shape index (κ3) is 1.99. The van der Waals surface area contributed by atoms with Crippen LogP contribution >= 0.6 is 0 Å². The molecule has 0 heterocycles. The largest absolute Gasteiger partial charge is 0.387 e. The summed E-state index contributed by atoms with van der Waals surface area (Å²) < 4.78 is 38.2. The van der Waals surface area contributed by atoms with Gasteiger partial charge in [-0.3, -0.25) is 5.41 Å². The molecule has 0 saturated heterocycles. The zero-order valence-electron chi connectivity index (χ0n) is 6.57. The van der Waals surface area contributed by atoms with E-state index in [0.29, 0.717) is 6.07 Å². The third-order valence-corrected chi connectivity index (χ3v) is 1.51. The smallest absolute Gasteiger partial charge is 0.165 e. The maximum absolute atomic E-state index is 12.9. The molecule has 0 unspecified atom stereocenters. The summed E-state index contributed by atoms with van der Waals surface area (Å²) in [6.45, 7) is 0. The quantitative estimate of drug-likeness (QED) is 0.413. The second-order valence-electron chi connectivity index (χ2n) is 2.52. The van der Waals surface area contributed by atoms with Crippen LogP contribution in [0.1, 0.15) is 5.56 Å². The topological polar surface area (TPSA) is 49.9 Å². The van der Waals surface area contributed by atoms with Crippen LogP contribution in [0.5, 0.6) is 0 Å². The molecule has 3 N–H and O–H groups in total. The molecule has 1 aromatic carbocycles. The zero-order valence-corrected chi connectivity index (χ0v) is 6.57. The number of nitrogens with two attached hydrogens (primary N) is 1. The molecule has 0 spiro atoms. The zero-order chi connectivity index (χ0) is 10.0. The second-order valence-corrected chi connectivity index (χ2v) is 2.52. The highest BCUT2D eigenvalue weighted by Gasteiger charge is 2.13. The van der Waals surface area contributed by atoms with Gasteiger partial charge in [-0.05, 0) is 12.1 Å². The molecule has 0 aliphatic carbocycles. The SMILES string of the molecule is N=C(N)Cc1c(F)ccc(F)c1F. The summed E-state index contributed by atoms with van der Waals surface area (Å²) in [6.07, 6.45) is -0.421. The normalized spacial score (nSPS) is 10.1. The molecule has 5 heteroatoms. The summed E-state index contributed by atoms with van der Waals surface area (Å²) in [6, 6.07) is 1.49. The highest BCUT2D eigenvalue weighted by atomic mass is 19.2. The molecule has 0 fully saturated rings. The molecular formula is C8H7F3N2. The van der Waals surface area contributed by atoms with Crippen molar-refractivity contribution >= 4 is 5.84 Å². The van der Waals surface area contributed by atoms with Gasteiger partial charge in [-0.15, -0.1) is 0 Å². The number of amidine groups is 1. The Morgan fingerprint density at radius 3 is 2.31 bits per heavy atom. The van der Waals surface area contributed by atoms with Gasteiger partial charge in [0.1, 0.15) is 5.82 Å². The highest BCUT2D eigenvalue weighted by molar-refractivity contribution is 5.79. The van der Waals surface area contributed by atoms with Crippen molar-refractivity contribution in [1.29, 1.82) is 5.41 Å². The minimum atomic E-state index is -1.28. The van der Waals surface area contributed by atoms with E-state index in [1.54, 1.807) is 0 Å². The van der Waals surface area contributed by atoms with Crippen molar-refractivity contribution in [3.8, 4) is 0 Å². The molecule has 0 aromatic heterocycles. The lowest BCUT2D eigenvalue weighted by Gasteiger charge is -2.03. The van der Waals surface area contributed by atoms with Crippen LogP contribution in [0, 0.1) is 22.9 Å². The van der Waals surface area contributed by atoms with Gasteiger partial charge in [-0.1, -0.05) is 0 Å². The maximum atomic E-state index is 12.9. The fraction of sp³-hybridized carbons (Fsp3) is 0.125. The first-order valence-electron chi connectivity index (χ1n) is 3.47. The van der Waals surface area contributed by atoms with E-state index in [4.69, 9.17) is 11.1 Å². The number of rotatable bonds is 2. The van der Waals surface area contributed by atoms with Crippen molar-refractivity contribution in [3.05, 3.63) is 35.1 Å². The Morgan fingerprint density at radius 1 is 1.23 bits per heavy atom. The van der Waals surface area contributed by atoms with E-state index < -0.39 is 35.3 Å². The Balaban J connectivity index is 3.17.